The van der Waals surface area contributed by atoms with Crippen LogP contribution < -0.4 is 0 Å². The molecule has 0 aliphatic carbocycles. The zero-order valence-corrected chi connectivity index (χ0v) is 7.43. The van der Waals surface area contributed by atoms with Gasteiger partial charge in [-0.3, -0.25) is 9.79 Å². The van der Waals surface area contributed by atoms with E-state index < -0.39 is 5.60 Å². The Kier molecular flexibility index (Phi) is 2.54. The minimum Gasteiger partial charge on any atom is -0.460 e. The molecule has 0 amide bonds. The Morgan fingerprint density at radius 1 is 1.82 bits per heavy atom. The van der Waals surface area contributed by atoms with Crippen molar-refractivity contribution in [2.24, 2.45) is 4.99 Å². The summed E-state index contributed by atoms with van der Waals surface area (Å²) in [6, 6.07) is 0.109. The van der Waals surface area contributed by atoms with Crippen LogP contribution in [-0.4, -0.2) is 29.4 Å². The number of ether oxygens (including phenoxy) is 1. The number of carbonyl (C=O) groups is 1. The van der Waals surface area contributed by atoms with E-state index in [0.717, 1.165) is 5.75 Å². The Bertz CT molecular complexity index is 179. The second-order valence-corrected chi connectivity index (χ2v) is 3.80. The largest absolute Gasteiger partial charge is 0.460 e. The number of hydrogen-bond donors (Lipinski definition) is 0. The topological polar surface area (TPSA) is 38.7 Å². The molecule has 1 atom stereocenters. The summed E-state index contributed by atoms with van der Waals surface area (Å²) >= 11 is 1.65. The molecule has 0 spiro atoms. The van der Waals surface area contributed by atoms with Crippen molar-refractivity contribution in [3.05, 3.63) is 0 Å². The van der Waals surface area contributed by atoms with Gasteiger partial charge in [0.05, 0.1) is 11.6 Å². The molecule has 0 bridgehead atoms. The van der Waals surface area contributed by atoms with Crippen molar-refractivity contribution >= 4 is 23.8 Å². The van der Waals surface area contributed by atoms with E-state index in [-0.39, 0.29) is 6.04 Å². The number of aliphatic imine (C=N–C) groups is 1. The third kappa shape index (κ3) is 1.96. The van der Waals surface area contributed by atoms with E-state index in [0.29, 0.717) is 6.47 Å². The van der Waals surface area contributed by atoms with Crippen LogP contribution >= 0.6 is 11.8 Å². The molecule has 1 heterocycles. The first-order valence-electron chi connectivity index (χ1n) is 3.41. The number of thioether (sulfide) groups is 1. The Morgan fingerprint density at radius 2 is 2.55 bits per heavy atom. The monoisotopic (exact) mass is 173 g/mol. The van der Waals surface area contributed by atoms with Gasteiger partial charge in [0, 0.05) is 5.75 Å². The summed E-state index contributed by atoms with van der Waals surface area (Å²) < 4.78 is 4.91. The molecule has 0 saturated heterocycles. The molecular formula is C7H11NO2S. The van der Waals surface area contributed by atoms with E-state index >= 15 is 0 Å². The van der Waals surface area contributed by atoms with Crippen LogP contribution in [0, 0.1) is 0 Å². The molecule has 11 heavy (non-hydrogen) atoms. The Morgan fingerprint density at radius 3 is 3.00 bits per heavy atom. The van der Waals surface area contributed by atoms with Crippen molar-refractivity contribution in [2.45, 2.75) is 25.5 Å². The van der Waals surface area contributed by atoms with Gasteiger partial charge in [0.15, 0.2) is 0 Å². The van der Waals surface area contributed by atoms with Crippen LogP contribution in [0.3, 0.4) is 0 Å². The van der Waals surface area contributed by atoms with E-state index in [1.165, 1.54) is 0 Å². The number of nitrogens with zero attached hydrogens (tertiary/aromatic N) is 1. The van der Waals surface area contributed by atoms with Crippen LogP contribution in [0.4, 0.5) is 0 Å². The molecule has 0 N–H and O–H groups in total. The molecule has 0 fully saturated rings. The fourth-order valence-corrected chi connectivity index (χ4v) is 1.87. The second kappa shape index (κ2) is 3.26. The van der Waals surface area contributed by atoms with E-state index in [4.69, 9.17) is 4.74 Å². The van der Waals surface area contributed by atoms with Crippen LogP contribution in [0.1, 0.15) is 13.8 Å². The van der Waals surface area contributed by atoms with Crippen LogP contribution in [0.2, 0.25) is 0 Å². The quantitative estimate of drug-likeness (QED) is 0.599. The van der Waals surface area contributed by atoms with Gasteiger partial charge < -0.3 is 4.74 Å². The molecule has 1 aliphatic heterocycles. The molecular weight excluding hydrogens is 162 g/mol. The fraction of sp³-hybridized carbons (Fsp3) is 0.714. The lowest BCUT2D eigenvalue weighted by Crippen LogP contribution is -2.37. The van der Waals surface area contributed by atoms with E-state index in [2.05, 4.69) is 4.99 Å². The molecule has 0 aromatic heterocycles. The van der Waals surface area contributed by atoms with Gasteiger partial charge >= 0.3 is 0 Å². The highest BCUT2D eigenvalue weighted by molar-refractivity contribution is 8.12. The van der Waals surface area contributed by atoms with Crippen molar-refractivity contribution in [1.82, 2.24) is 0 Å². The minimum atomic E-state index is -0.457. The summed E-state index contributed by atoms with van der Waals surface area (Å²) in [6.07, 6.45) is 0. The Hall–Kier alpha value is -0.510. The summed E-state index contributed by atoms with van der Waals surface area (Å²) in [7, 11) is 0. The number of rotatable bonds is 3. The predicted octanol–water partition coefficient (Wildman–Crippen LogP) is 1.08. The molecule has 0 aromatic carbocycles. The van der Waals surface area contributed by atoms with Crippen molar-refractivity contribution in [3.63, 3.8) is 0 Å². The lowest BCUT2D eigenvalue weighted by Gasteiger charge is -2.26. The maximum absolute atomic E-state index is 10.1. The van der Waals surface area contributed by atoms with Crippen molar-refractivity contribution < 1.29 is 9.53 Å². The number of hydrogen-bond acceptors (Lipinski definition) is 4. The lowest BCUT2D eigenvalue weighted by molar-refractivity contribution is -0.141. The first-order valence-corrected chi connectivity index (χ1v) is 4.46. The molecule has 0 radical (unpaired) electrons. The minimum absolute atomic E-state index is 0.109. The third-order valence-corrected chi connectivity index (χ3v) is 2.50. The van der Waals surface area contributed by atoms with Gasteiger partial charge in [-0.15, -0.1) is 11.8 Å². The molecule has 4 heteroatoms. The van der Waals surface area contributed by atoms with Crippen LogP contribution in [-0.2, 0) is 9.53 Å². The molecule has 1 rings (SSSR count). The SMILES string of the molecule is CC(C)(OC=O)C1CSC=N1. The Labute approximate surface area is 70.2 Å². The van der Waals surface area contributed by atoms with E-state index in [1.54, 1.807) is 17.3 Å². The molecule has 1 unspecified atom stereocenters. The van der Waals surface area contributed by atoms with Gasteiger partial charge in [-0.25, -0.2) is 0 Å². The molecule has 62 valence electrons. The lowest BCUT2D eigenvalue weighted by atomic mass is 10.0. The van der Waals surface area contributed by atoms with Gasteiger partial charge in [-0.05, 0) is 13.8 Å². The molecule has 0 saturated carbocycles. The van der Waals surface area contributed by atoms with Crippen LogP contribution in [0.25, 0.3) is 0 Å². The van der Waals surface area contributed by atoms with E-state index in [9.17, 15) is 4.79 Å². The first-order chi connectivity index (χ1) is 5.17. The van der Waals surface area contributed by atoms with Gasteiger partial charge in [-0.2, -0.15) is 0 Å². The molecule has 1 aliphatic rings. The smallest absolute Gasteiger partial charge is 0.293 e. The van der Waals surface area contributed by atoms with Gasteiger partial charge in [-0.1, -0.05) is 0 Å². The maximum atomic E-state index is 10.1. The van der Waals surface area contributed by atoms with Gasteiger partial charge in [0.25, 0.3) is 6.47 Å². The average molecular weight is 173 g/mol. The second-order valence-electron chi connectivity index (χ2n) is 2.92. The molecule has 3 nitrogen and oxygen atoms in total. The standard InChI is InChI=1S/C7H11NO2S/c1-7(2,10-5-9)6-3-11-4-8-6/h4-6H,3H2,1-2H3. The first kappa shape index (κ1) is 8.59. The van der Waals surface area contributed by atoms with Crippen molar-refractivity contribution in [2.75, 3.05) is 5.75 Å². The van der Waals surface area contributed by atoms with Crippen LogP contribution in [0.15, 0.2) is 4.99 Å². The average Bonchev–Trinajstić information content (AvgIpc) is 2.37. The van der Waals surface area contributed by atoms with Crippen molar-refractivity contribution in [3.8, 4) is 0 Å². The van der Waals surface area contributed by atoms with Gasteiger partial charge in [0.2, 0.25) is 0 Å². The van der Waals surface area contributed by atoms with Crippen molar-refractivity contribution in [1.29, 1.82) is 0 Å². The highest BCUT2D eigenvalue weighted by Crippen LogP contribution is 2.24. The molecule has 0 aromatic rings. The normalized spacial score (nSPS) is 23.6. The summed E-state index contributed by atoms with van der Waals surface area (Å²) in [5.74, 6) is 0.904. The van der Waals surface area contributed by atoms with Crippen LogP contribution in [0.5, 0.6) is 0 Å². The maximum Gasteiger partial charge on any atom is 0.293 e. The zero-order valence-electron chi connectivity index (χ0n) is 6.61. The Balaban J connectivity index is 2.55. The summed E-state index contributed by atoms with van der Waals surface area (Å²) in [6.45, 7) is 4.23. The third-order valence-electron chi connectivity index (χ3n) is 1.72. The summed E-state index contributed by atoms with van der Waals surface area (Å²) in [5, 5.41) is 0. The highest BCUT2D eigenvalue weighted by atomic mass is 32.2. The summed E-state index contributed by atoms with van der Waals surface area (Å²) in [5.41, 5.74) is 1.35. The summed E-state index contributed by atoms with van der Waals surface area (Å²) in [4.78, 5) is 14.3. The fourth-order valence-electron chi connectivity index (χ4n) is 0.876. The number of carbonyl (C=O) groups excluding carboxylic acids is 1. The van der Waals surface area contributed by atoms with Gasteiger partial charge in [0.1, 0.15) is 5.60 Å². The highest BCUT2D eigenvalue weighted by Gasteiger charge is 2.32. The zero-order chi connectivity index (χ0) is 8.32. The van der Waals surface area contributed by atoms with E-state index in [1.807, 2.05) is 13.8 Å². The predicted molar refractivity (Wildman–Crippen MR) is 46.0 cm³/mol.